The van der Waals surface area contributed by atoms with Crippen LogP contribution < -0.4 is 0 Å². The van der Waals surface area contributed by atoms with Gasteiger partial charge in [-0.15, -0.1) is 11.8 Å². The zero-order chi connectivity index (χ0) is 17.9. The molecular formula is C18H21F2NO2S. The number of ether oxygens (including phenoxy) is 1. The van der Waals surface area contributed by atoms with Crippen LogP contribution in [0.5, 0.6) is 0 Å². The smallest absolute Gasteiger partial charge is 0.174 e. The number of carbonyl (C=O) groups is 1. The second kappa shape index (κ2) is 7.94. The van der Waals surface area contributed by atoms with E-state index in [1.165, 1.54) is 12.1 Å². The molecule has 0 N–H and O–H groups in total. The molecule has 0 bridgehead atoms. The van der Waals surface area contributed by atoms with Crippen LogP contribution in [0.15, 0.2) is 29.2 Å². The minimum Gasteiger partial charge on any atom is -0.383 e. The topological polar surface area (TPSA) is 31.2 Å². The molecule has 1 heterocycles. The third-order valence-corrected chi connectivity index (χ3v) is 4.93. The van der Waals surface area contributed by atoms with E-state index in [1.807, 2.05) is 26.8 Å². The van der Waals surface area contributed by atoms with Gasteiger partial charge in [0.2, 0.25) is 0 Å². The van der Waals surface area contributed by atoms with E-state index >= 15 is 0 Å². The second-order valence-corrected chi connectivity index (χ2v) is 6.76. The van der Waals surface area contributed by atoms with Gasteiger partial charge >= 0.3 is 0 Å². The number of rotatable bonds is 7. The van der Waals surface area contributed by atoms with Crippen LogP contribution in [0, 0.1) is 25.5 Å². The summed E-state index contributed by atoms with van der Waals surface area (Å²) in [7, 11) is 1.64. The van der Waals surface area contributed by atoms with Gasteiger partial charge in [0.25, 0.3) is 0 Å². The fraction of sp³-hybridized carbons (Fsp3) is 0.389. The fourth-order valence-corrected chi connectivity index (χ4v) is 3.67. The van der Waals surface area contributed by atoms with Crippen LogP contribution in [0.3, 0.4) is 0 Å². The largest absolute Gasteiger partial charge is 0.383 e. The summed E-state index contributed by atoms with van der Waals surface area (Å²) in [6, 6.07) is 5.34. The second-order valence-electron chi connectivity index (χ2n) is 5.75. The number of ketones is 1. The molecule has 0 radical (unpaired) electrons. The molecule has 0 saturated heterocycles. The van der Waals surface area contributed by atoms with Crippen LogP contribution in [0.2, 0.25) is 0 Å². The van der Waals surface area contributed by atoms with Gasteiger partial charge in [0, 0.05) is 35.0 Å². The van der Waals surface area contributed by atoms with Gasteiger partial charge in [0.15, 0.2) is 5.78 Å². The Labute approximate surface area is 145 Å². The van der Waals surface area contributed by atoms with Crippen LogP contribution in [-0.4, -0.2) is 29.8 Å². The van der Waals surface area contributed by atoms with Crippen LogP contribution in [-0.2, 0) is 4.74 Å². The molecule has 0 fully saturated rings. The number of hydrogen-bond acceptors (Lipinski definition) is 3. The third-order valence-electron chi connectivity index (χ3n) is 3.89. The zero-order valence-electron chi connectivity index (χ0n) is 14.2. The molecule has 6 heteroatoms. The van der Waals surface area contributed by atoms with E-state index in [-0.39, 0.29) is 22.5 Å². The molecule has 1 aromatic carbocycles. The van der Waals surface area contributed by atoms with Gasteiger partial charge in [-0.1, -0.05) is 0 Å². The molecule has 1 unspecified atom stereocenters. The van der Waals surface area contributed by atoms with Gasteiger partial charge in [-0.2, -0.15) is 0 Å². The molecule has 0 spiro atoms. The normalized spacial score (nSPS) is 12.4. The highest BCUT2D eigenvalue weighted by Crippen LogP contribution is 2.26. The lowest BCUT2D eigenvalue weighted by Crippen LogP contribution is -2.14. The van der Waals surface area contributed by atoms with E-state index in [0.717, 1.165) is 29.2 Å². The van der Waals surface area contributed by atoms with Crippen molar-refractivity contribution in [2.75, 3.05) is 19.5 Å². The minimum absolute atomic E-state index is 0.0762. The number of halogens is 2. The highest BCUT2D eigenvalue weighted by atomic mass is 32.2. The Kier molecular flexibility index (Phi) is 6.18. The lowest BCUT2D eigenvalue weighted by molar-refractivity contribution is 0.102. The Morgan fingerprint density at radius 2 is 2.00 bits per heavy atom. The van der Waals surface area contributed by atoms with Gasteiger partial charge in [0.1, 0.15) is 11.6 Å². The van der Waals surface area contributed by atoms with Crippen LogP contribution in [0.4, 0.5) is 8.78 Å². The molecule has 0 aliphatic rings. The lowest BCUT2D eigenvalue weighted by atomic mass is 10.2. The fourth-order valence-electron chi connectivity index (χ4n) is 2.87. The van der Waals surface area contributed by atoms with Crippen molar-refractivity contribution in [3.05, 3.63) is 52.9 Å². The number of carbonyl (C=O) groups excluding carboxylic acids is 1. The molecule has 2 aromatic rings. The maximum atomic E-state index is 13.7. The quantitative estimate of drug-likeness (QED) is 0.540. The predicted octanol–water partition coefficient (Wildman–Crippen LogP) is 4.57. The van der Waals surface area contributed by atoms with Crippen molar-refractivity contribution in [1.82, 2.24) is 4.57 Å². The first-order valence-corrected chi connectivity index (χ1v) is 8.62. The summed E-state index contributed by atoms with van der Waals surface area (Å²) in [5.41, 5.74) is 2.49. The molecule has 2 rings (SSSR count). The standard InChI is InChI=1S/C18H21F2NO2S/c1-11-7-15(13(3)21(11)12(2)9-23-4)17(22)10-24-18-6-5-14(19)8-16(18)20/h5-8,12H,9-10H2,1-4H3. The van der Waals surface area contributed by atoms with Gasteiger partial charge in [-0.3, -0.25) is 4.79 Å². The van der Waals surface area contributed by atoms with Crippen molar-refractivity contribution in [2.24, 2.45) is 0 Å². The van der Waals surface area contributed by atoms with Gasteiger partial charge in [-0.05, 0) is 39.0 Å². The first kappa shape index (κ1) is 18.7. The van der Waals surface area contributed by atoms with Crippen molar-refractivity contribution in [1.29, 1.82) is 0 Å². The number of hydrogen-bond donors (Lipinski definition) is 0. The molecule has 1 atom stereocenters. The average molecular weight is 353 g/mol. The van der Waals surface area contributed by atoms with Crippen molar-refractivity contribution in [2.45, 2.75) is 31.7 Å². The first-order valence-electron chi connectivity index (χ1n) is 7.63. The molecule has 0 amide bonds. The SMILES string of the molecule is COCC(C)n1c(C)cc(C(=O)CSc2ccc(F)cc2F)c1C. The monoisotopic (exact) mass is 353 g/mol. The maximum Gasteiger partial charge on any atom is 0.174 e. The Hall–Kier alpha value is -1.66. The molecular weight excluding hydrogens is 332 g/mol. The molecule has 130 valence electrons. The van der Waals surface area contributed by atoms with Crippen LogP contribution >= 0.6 is 11.8 Å². The summed E-state index contributed by atoms with van der Waals surface area (Å²) in [5, 5.41) is 0. The Balaban J connectivity index is 2.14. The molecule has 1 aromatic heterocycles. The molecule has 3 nitrogen and oxygen atoms in total. The van der Waals surface area contributed by atoms with Crippen molar-refractivity contribution < 1.29 is 18.3 Å². The zero-order valence-corrected chi connectivity index (χ0v) is 15.0. The van der Waals surface area contributed by atoms with Crippen molar-refractivity contribution in [3.8, 4) is 0 Å². The van der Waals surface area contributed by atoms with E-state index in [0.29, 0.717) is 12.2 Å². The number of aromatic nitrogens is 1. The summed E-state index contributed by atoms with van der Waals surface area (Å²) in [5.74, 6) is -1.25. The first-order chi connectivity index (χ1) is 11.3. The number of nitrogens with zero attached hydrogens (tertiary/aromatic N) is 1. The summed E-state index contributed by atoms with van der Waals surface area (Å²) in [6.07, 6.45) is 0. The number of methoxy groups -OCH3 is 1. The Bertz CT molecular complexity index is 743. The van der Waals surface area contributed by atoms with Gasteiger partial charge < -0.3 is 9.30 Å². The molecule has 0 aliphatic carbocycles. The molecule has 0 aliphatic heterocycles. The third kappa shape index (κ3) is 4.05. The number of aryl methyl sites for hydroxylation is 1. The van der Waals surface area contributed by atoms with Crippen LogP contribution in [0.25, 0.3) is 0 Å². The van der Waals surface area contributed by atoms with E-state index in [4.69, 9.17) is 4.74 Å². The number of Topliss-reactive ketones (excluding diaryl/α,β-unsaturated/α-hetero) is 1. The van der Waals surface area contributed by atoms with E-state index in [1.54, 1.807) is 7.11 Å². The van der Waals surface area contributed by atoms with Gasteiger partial charge in [0.05, 0.1) is 18.4 Å². The summed E-state index contributed by atoms with van der Waals surface area (Å²) in [4.78, 5) is 12.8. The molecule has 24 heavy (non-hydrogen) atoms. The number of benzene rings is 1. The summed E-state index contributed by atoms with van der Waals surface area (Å²) in [6.45, 7) is 6.43. The highest BCUT2D eigenvalue weighted by molar-refractivity contribution is 8.00. The van der Waals surface area contributed by atoms with Crippen LogP contribution in [0.1, 0.15) is 34.7 Å². The Morgan fingerprint density at radius 3 is 2.62 bits per heavy atom. The van der Waals surface area contributed by atoms with Crippen molar-refractivity contribution in [3.63, 3.8) is 0 Å². The number of thioether (sulfide) groups is 1. The van der Waals surface area contributed by atoms with E-state index < -0.39 is 11.6 Å². The van der Waals surface area contributed by atoms with E-state index in [9.17, 15) is 13.6 Å². The average Bonchev–Trinajstić information content (AvgIpc) is 2.81. The predicted molar refractivity (Wildman–Crippen MR) is 91.9 cm³/mol. The van der Waals surface area contributed by atoms with Crippen molar-refractivity contribution >= 4 is 17.5 Å². The minimum atomic E-state index is -0.646. The Morgan fingerprint density at radius 1 is 1.29 bits per heavy atom. The summed E-state index contributed by atoms with van der Waals surface area (Å²) < 4.78 is 33.8. The van der Waals surface area contributed by atoms with Gasteiger partial charge in [-0.25, -0.2) is 8.78 Å². The van der Waals surface area contributed by atoms with E-state index in [2.05, 4.69) is 4.57 Å². The molecule has 0 saturated carbocycles. The summed E-state index contributed by atoms with van der Waals surface area (Å²) >= 11 is 1.08. The maximum absolute atomic E-state index is 13.7. The highest BCUT2D eigenvalue weighted by Gasteiger charge is 2.19. The lowest BCUT2D eigenvalue weighted by Gasteiger charge is -2.17.